The highest BCUT2D eigenvalue weighted by Gasteiger charge is 2.58. The minimum atomic E-state index is -5.15. The Hall–Kier alpha value is -3.85. The Morgan fingerprint density at radius 3 is 0.896 bits per heavy atom. The van der Waals surface area contributed by atoms with Crippen LogP contribution in [0, 0.1) is 53.3 Å². The van der Waals surface area contributed by atoms with Gasteiger partial charge in [0.25, 0.3) is 0 Å². The van der Waals surface area contributed by atoms with Gasteiger partial charge in [-0.1, -0.05) is 36.4 Å². The van der Waals surface area contributed by atoms with Crippen molar-refractivity contribution >= 4 is 59.9 Å². The second-order valence-electron chi connectivity index (χ2n) is 23.8. The molecule has 0 heterocycles. The first-order valence-corrected chi connectivity index (χ1v) is 29.2. The number of benzene rings is 3. The van der Waals surface area contributed by atoms with Crippen LogP contribution in [0.15, 0.2) is 89.5 Å². The molecular weight excluding hydrogens is 1100 g/mol. The predicted molar refractivity (Wildman–Crippen MR) is 272 cm³/mol. The number of halogens is 12. The summed E-state index contributed by atoms with van der Waals surface area (Å²) in [5, 5.41) is 0. The fourth-order valence-corrected chi connectivity index (χ4v) is 19.5. The third-order valence-corrected chi connectivity index (χ3v) is 20.7. The summed E-state index contributed by atoms with van der Waals surface area (Å²) in [5.41, 5.74) is 2.17. The summed E-state index contributed by atoms with van der Waals surface area (Å²) < 4.78 is 178. The Kier molecular flexibility index (Phi) is 13.6. The highest BCUT2D eigenvalue weighted by molar-refractivity contribution is 7.49. The zero-order chi connectivity index (χ0) is 54.1. The molecule has 0 radical (unpaired) electrons. The summed E-state index contributed by atoms with van der Waals surface area (Å²) in [6.45, 7) is -4.85. The highest BCUT2D eigenvalue weighted by Crippen LogP contribution is 2.66. The summed E-state index contributed by atoms with van der Waals surface area (Å²) in [4.78, 5) is -2.83. The number of allylic oxidation sites excluding steroid dienone is 3. The fourth-order valence-electron chi connectivity index (χ4n) is 16.3. The number of rotatable bonds is 15. The van der Waals surface area contributed by atoms with Crippen LogP contribution in [0.5, 0.6) is 17.2 Å². The van der Waals surface area contributed by atoms with Gasteiger partial charge in [0.1, 0.15) is 34.5 Å². The van der Waals surface area contributed by atoms with Gasteiger partial charge in [-0.05, 0) is 203 Å². The van der Waals surface area contributed by atoms with E-state index in [1.165, 1.54) is 72.8 Å². The zero-order valence-electron chi connectivity index (χ0n) is 41.7. The average Bonchev–Trinajstić information content (AvgIpc) is 3.36. The summed E-state index contributed by atoms with van der Waals surface area (Å²) >= 11 is 22.1. The van der Waals surface area contributed by atoms with Crippen molar-refractivity contribution in [3.05, 3.63) is 106 Å². The van der Waals surface area contributed by atoms with E-state index in [0.717, 1.165) is 57.8 Å². The Labute approximate surface area is 455 Å². The van der Waals surface area contributed by atoms with Gasteiger partial charge in [-0.15, -0.1) is 34.8 Å². The number of hydrogen-bond acceptors (Lipinski definition) is 7. The van der Waals surface area contributed by atoms with Gasteiger partial charge in [0.05, 0.1) is 14.6 Å². The van der Waals surface area contributed by atoms with Gasteiger partial charge >= 0.3 is 26.4 Å². The van der Waals surface area contributed by atoms with Crippen LogP contribution in [0.3, 0.4) is 0 Å². The second-order valence-corrected chi connectivity index (χ2v) is 27.4. The zero-order valence-corrected chi connectivity index (χ0v) is 44.9. The minimum absolute atomic E-state index is 0.0637. The molecule has 12 aliphatic rings. The standard InChI is InChI=1S/C57H57Cl3F9O7P/c58-52-22-31-10-32(23-52)14-40(13-31)46(52)49(71-28-55(61,62)63)37-4-1-7-43(19-37)74-77(70,75-44-8-2-5-38(20-44)50(72-29-56(64,65)66)47-41-15-33-11-34(16-41)25-53(47,59)24-33)76-45-9-3-6-39(21-45)51(73-30-57(67,68)69)48-42-17-35-12-36(18-42)27-54(48,60)26-35/h1-9,19-21,31-36,40-42H,10-18,22-30H2/b49-46-,50-47-,51-48-. The van der Waals surface area contributed by atoms with Crippen molar-refractivity contribution in [3.63, 3.8) is 0 Å². The molecule has 20 heteroatoms. The molecule has 6 atom stereocenters. The molecule has 0 N–H and O–H groups in total. The van der Waals surface area contributed by atoms with Crippen LogP contribution in [-0.4, -0.2) is 53.0 Å². The van der Waals surface area contributed by atoms with Crippen LogP contribution in [-0.2, 0) is 18.8 Å². The van der Waals surface area contributed by atoms with E-state index in [4.69, 9.17) is 62.6 Å². The van der Waals surface area contributed by atoms with Gasteiger partial charge in [-0.3, -0.25) is 0 Å². The SMILES string of the molecule is O=P(Oc1cccc(/C(OCC(F)(F)F)=C2\C3CC4CC(C3)CC2(Cl)C4)c1)(Oc1cccc(/C(OCC(F)(F)F)=C2\C3CC4CC(C3)CC2(Cl)C4)c1)Oc1cccc(/C(OCC(F)(F)F)=C2\C3CC4CC(C3)CC2(Cl)C4)c1. The molecule has 0 aromatic heterocycles. The molecule has 0 amide bonds. The Balaban J connectivity index is 0.938. The molecule has 0 spiro atoms. The van der Waals surface area contributed by atoms with E-state index in [2.05, 4.69) is 0 Å². The first-order chi connectivity index (χ1) is 36.3. The van der Waals surface area contributed by atoms with Gasteiger partial charge in [-0.25, -0.2) is 0 Å². The Bertz CT molecular complexity index is 2610. The summed E-state index contributed by atoms with van der Waals surface area (Å²) in [7, 11) is -5.15. The Morgan fingerprint density at radius 2 is 0.675 bits per heavy atom. The van der Waals surface area contributed by atoms with Crippen molar-refractivity contribution in [2.24, 2.45) is 53.3 Å². The molecule has 12 bridgehead atoms. The average molecular weight is 1160 g/mol. The molecule has 3 aromatic rings. The number of alkyl halides is 12. The first kappa shape index (κ1) is 53.8. The lowest BCUT2D eigenvalue weighted by Gasteiger charge is -2.56. The van der Waals surface area contributed by atoms with Crippen LogP contribution in [0.4, 0.5) is 39.5 Å². The highest BCUT2D eigenvalue weighted by atomic mass is 35.5. The molecule has 3 aromatic carbocycles. The molecular formula is C57H57Cl3F9O7P. The lowest BCUT2D eigenvalue weighted by Crippen LogP contribution is -2.49. The van der Waals surface area contributed by atoms with Gasteiger partial charge in [0, 0.05) is 16.7 Å². The molecule has 12 fully saturated rings. The van der Waals surface area contributed by atoms with Crippen LogP contribution in [0.2, 0.25) is 0 Å². The van der Waals surface area contributed by atoms with E-state index in [9.17, 15) is 39.5 Å². The number of ether oxygens (including phenoxy) is 3. The third kappa shape index (κ3) is 11.1. The van der Waals surface area contributed by atoms with Crippen molar-refractivity contribution in [2.45, 2.75) is 129 Å². The molecule has 7 nitrogen and oxygen atoms in total. The second kappa shape index (κ2) is 19.4. The fraction of sp³-hybridized carbons (Fsp3) is 0.579. The summed E-state index contributed by atoms with van der Waals surface area (Å²) in [6, 6.07) is 17.2. The van der Waals surface area contributed by atoms with E-state index in [1.54, 1.807) is 0 Å². The van der Waals surface area contributed by atoms with E-state index < -0.39 is 60.8 Å². The maximum atomic E-state index is 15.7. The molecule has 15 rings (SSSR count). The van der Waals surface area contributed by atoms with Gasteiger partial charge < -0.3 is 27.8 Å². The molecule has 12 saturated carbocycles. The van der Waals surface area contributed by atoms with Crippen molar-refractivity contribution in [3.8, 4) is 17.2 Å². The number of phosphoric acid groups is 1. The lowest BCUT2D eigenvalue weighted by atomic mass is 9.53. The first-order valence-electron chi connectivity index (χ1n) is 26.6. The van der Waals surface area contributed by atoms with Crippen molar-refractivity contribution in [2.75, 3.05) is 19.8 Å². The lowest BCUT2D eigenvalue weighted by molar-refractivity contribution is -0.159. The molecule has 416 valence electrons. The van der Waals surface area contributed by atoms with E-state index in [1.807, 2.05) is 0 Å². The van der Waals surface area contributed by atoms with Crippen LogP contribution in [0.25, 0.3) is 17.3 Å². The maximum absolute atomic E-state index is 15.7. The van der Waals surface area contributed by atoms with Crippen molar-refractivity contribution in [1.82, 2.24) is 0 Å². The topological polar surface area (TPSA) is 72.5 Å². The van der Waals surface area contributed by atoms with Crippen molar-refractivity contribution < 1.29 is 71.9 Å². The number of hydrogen-bond donors (Lipinski definition) is 0. The molecule has 0 aliphatic heterocycles. The molecule has 0 saturated heterocycles. The van der Waals surface area contributed by atoms with Crippen LogP contribution < -0.4 is 13.6 Å². The Morgan fingerprint density at radius 1 is 0.429 bits per heavy atom. The predicted octanol–water partition coefficient (Wildman–Crippen LogP) is 17.7. The minimum Gasteiger partial charge on any atom is -0.483 e. The van der Waals surface area contributed by atoms with Gasteiger partial charge in [0.2, 0.25) is 0 Å². The van der Waals surface area contributed by atoms with Gasteiger partial charge in [0.15, 0.2) is 19.8 Å². The molecule has 6 unspecified atom stereocenters. The van der Waals surface area contributed by atoms with E-state index in [0.29, 0.717) is 90.8 Å². The van der Waals surface area contributed by atoms with Crippen LogP contribution in [0.1, 0.15) is 113 Å². The summed E-state index contributed by atoms with van der Waals surface area (Å²) in [6.07, 6.45) is -3.26. The molecule has 77 heavy (non-hydrogen) atoms. The smallest absolute Gasteiger partial charge is 0.483 e. The monoisotopic (exact) mass is 1160 g/mol. The maximum Gasteiger partial charge on any atom is 0.647 e. The van der Waals surface area contributed by atoms with Gasteiger partial charge in [-0.2, -0.15) is 44.1 Å². The quantitative estimate of drug-likeness (QED) is 0.0650. The summed E-state index contributed by atoms with van der Waals surface area (Å²) in [5.74, 6) is 0.724. The normalized spacial score (nSPS) is 36.3. The van der Waals surface area contributed by atoms with E-state index >= 15 is 4.57 Å². The number of phosphoric ester groups is 1. The van der Waals surface area contributed by atoms with Crippen LogP contribution >= 0.6 is 42.6 Å². The van der Waals surface area contributed by atoms with E-state index in [-0.39, 0.29) is 69.0 Å². The van der Waals surface area contributed by atoms with Crippen molar-refractivity contribution in [1.29, 1.82) is 0 Å². The largest absolute Gasteiger partial charge is 0.647 e. The molecule has 12 aliphatic carbocycles. The third-order valence-electron chi connectivity index (χ3n) is 17.9.